The maximum absolute atomic E-state index is 12.1. The summed E-state index contributed by atoms with van der Waals surface area (Å²) in [5, 5.41) is 5.69. The van der Waals surface area contributed by atoms with E-state index in [2.05, 4.69) is 24.5 Å². The molecule has 0 bridgehead atoms. The van der Waals surface area contributed by atoms with Gasteiger partial charge in [0.15, 0.2) is 0 Å². The second kappa shape index (κ2) is 9.30. The highest BCUT2D eigenvalue weighted by Crippen LogP contribution is 2.18. The topological polar surface area (TPSA) is 70.7 Å². The Morgan fingerprint density at radius 1 is 1.20 bits per heavy atom. The first kappa shape index (κ1) is 20.8. The maximum atomic E-state index is 12.1. The quantitative estimate of drug-likeness (QED) is 0.808. The van der Waals surface area contributed by atoms with E-state index in [1.165, 1.54) is 4.90 Å². The minimum absolute atomic E-state index is 0.243. The zero-order valence-corrected chi connectivity index (χ0v) is 16.2. The van der Waals surface area contributed by atoms with E-state index < -0.39 is 11.7 Å². The average molecular weight is 349 g/mol. The van der Waals surface area contributed by atoms with Gasteiger partial charge in [0, 0.05) is 19.3 Å². The smallest absolute Gasteiger partial charge is 0.410 e. The highest BCUT2D eigenvalue weighted by Gasteiger charge is 2.20. The van der Waals surface area contributed by atoms with E-state index in [9.17, 15) is 9.59 Å². The van der Waals surface area contributed by atoms with Crippen molar-refractivity contribution < 1.29 is 14.3 Å². The Morgan fingerprint density at radius 3 is 2.44 bits per heavy atom. The van der Waals surface area contributed by atoms with Crippen molar-refractivity contribution in [3.8, 4) is 0 Å². The number of para-hydroxylation sites is 1. The molecule has 0 aromatic heterocycles. The molecule has 0 fully saturated rings. The Bertz CT molecular complexity index is 580. The van der Waals surface area contributed by atoms with Crippen molar-refractivity contribution in [3.63, 3.8) is 0 Å². The normalized spacial score (nSPS) is 11.2. The number of benzene rings is 1. The highest BCUT2D eigenvalue weighted by molar-refractivity contribution is 5.90. The lowest BCUT2D eigenvalue weighted by molar-refractivity contribution is 0.0285. The third-order valence-electron chi connectivity index (χ3n) is 3.39. The van der Waals surface area contributed by atoms with Crippen molar-refractivity contribution in [1.82, 2.24) is 10.2 Å². The SMILES string of the molecule is CC(C)CCNC(=O)Nc1ccccc1CN(C)C(=O)OC(C)(C)C. The molecule has 140 valence electrons. The number of urea groups is 1. The lowest BCUT2D eigenvalue weighted by Crippen LogP contribution is -2.34. The molecule has 1 rings (SSSR count). The summed E-state index contributed by atoms with van der Waals surface area (Å²) in [5.41, 5.74) is 0.981. The first-order chi connectivity index (χ1) is 11.6. The van der Waals surface area contributed by atoms with E-state index in [0.717, 1.165) is 12.0 Å². The number of nitrogens with zero attached hydrogens (tertiary/aromatic N) is 1. The minimum Gasteiger partial charge on any atom is -0.444 e. The van der Waals surface area contributed by atoms with Crippen molar-refractivity contribution in [2.75, 3.05) is 18.9 Å². The van der Waals surface area contributed by atoms with Gasteiger partial charge in [0.1, 0.15) is 5.60 Å². The molecule has 25 heavy (non-hydrogen) atoms. The molecule has 6 nitrogen and oxygen atoms in total. The van der Waals surface area contributed by atoms with Crippen LogP contribution >= 0.6 is 0 Å². The summed E-state index contributed by atoms with van der Waals surface area (Å²) in [7, 11) is 1.67. The van der Waals surface area contributed by atoms with Crippen molar-refractivity contribution in [3.05, 3.63) is 29.8 Å². The number of nitrogens with one attached hydrogen (secondary N) is 2. The van der Waals surface area contributed by atoms with Gasteiger partial charge in [-0.05, 0) is 44.7 Å². The van der Waals surface area contributed by atoms with E-state index in [-0.39, 0.29) is 6.03 Å². The third-order valence-corrected chi connectivity index (χ3v) is 3.39. The maximum Gasteiger partial charge on any atom is 0.410 e. The van der Waals surface area contributed by atoms with Gasteiger partial charge >= 0.3 is 12.1 Å². The Morgan fingerprint density at radius 2 is 1.84 bits per heavy atom. The lowest BCUT2D eigenvalue weighted by Gasteiger charge is -2.25. The lowest BCUT2D eigenvalue weighted by atomic mass is 10.1. The van der Waals surface area contributed by atoms with Gasteiger partial charge in [-0.15, -0.1) is 0 Å². The van der Waals surface area contributed by atoms with Crippen molar-refractivity contribution in [2.45, 2.75) is 53.2 Å². The average Bonchev–Trinajstić information content (AvgIpc) is 2.47. The fourth-order valence-corrected chi connectivity index (χ4v) is 2.08. The van der Waals surface area contributed by atoms with Crippen LogP contribution in [-0.4, -0.2) is 36.2 Å². The molecule has 6 heteroatoms. The Kier molecular flexibility index (Phi) is 7.74. The summed E-state index contributed by atoms with van der Waals surface area (Å²) < 4.78 is 5.36. The van der Waals surface area contributed by atoms with Gasteiger partial charge in [-0.2, -0.15) is 0 Å². The van der Waals surface area contributed by atoms with Crippen LogP contribution in [0.3, 0.4) is 0 Å². The van der Waals surface area contributed by atoms with Gasteiger partial charge in [0.2, 0.25) is 0 Å². The van der Waals surface area contributed by atoms with Gasteiger partial charge in [0.05, 0.1) is 6.54 Å². The van der Waals surface area contributed by atoms with E-state index in [0.29, 0.717) is 24.7 Å². The molecule has 1 aromatic rings. The molecule has 0 atom stereocenters. The summed E-state index contributed by atoms with van der Waals surface area (Å²) in [6, 6.07) is 7.18. The molecule has 0 aliphatic carbocycles. The molecule has 0 saturated carbocycles. The Labute approximate surface area is 150 Å². The van der Waals surface area contributed by atoms with Gasteiger partial charge < -0.3 is 20.3 Å². The van der Waals surface area contributed by atoms with Crippen LogP contribution in [0.4, 0.5) is 15.3 Å². The number of rotatable bonds is 6. The van der Waals surface area contributed by atoms with E-state index in [1.54, 1.807) is 7.05 Å². The van der Waals surface area contributed by atoms with E-state index in [4.69, 9.17) is 4.74 Å². The predicted molar refractivity (Wildman–Crippen MR) is 101 cm³/mol. The second-order valence-electron chi connectivity index (χ2n) is 7.56. The molecular formula is C19H31N3O3. The molecule has 0 aliphatic rings. The second-order valence-corrected chi connectivity index (χ2v) is 7.56. The molecule has 3 amide bonds. The molecule has 0 heterocycles. The fraction of sp³-hybridized carbons (Fsp3) is 0.579. The van der Waals surface area contributed by atoms with Crippen LogP contribution in [0.25, 0.3) is 0 Å². The van der Waals surface area contributed by atoms with Gasteiger partial charge in [-0.25, -0.2) is 9.59 Å². The van der Waals surface area contributed by atoms with E-state index in [1.807, 2.05) is 45.0 Å². The summed E-state index contributed by atoms with van der Waals surface area (Å²) in [5.74, 6) is 0.537. The molecule has 1 aromatic carbocycles. The predicted octanol–water partition coefficient (Wildman–Crippen LogP) is 4.22. The van der Waals surface area contributed by atoms with Crippen molar-refractivity contribution in [2.24, 2.45) is 5.92 Å². The standard InChI is InChI=1S/C19H31N3O3/c1-14(2)11-12-20-17(23)21-16-10-8-7-9-15(16)13-22(6)18(24)25-19(3,4)5/h7-10,14H,11-13H2,1-6H3,(H2,20,21,23). The number of ether oxygens (including phenoxy) is 1. The van der Waals surface area contributed by atoms with Crippen molar-refractivity contribution >= 4 is 17.8 Å². The van der Waals surface area contributed by atoms with Gasteiger partial charge in [-0.3, -0.25) is 0 Å². The summed E-state index contributed by atoms with van der Waals surface area (Å²) >= 11 is 0. The largest absolute Gasteiger partial charge is 0.444 e. The Hall–Kier alpha value is -2.24. The van der Waals surface area contributed by atoms with Crippen LogP contribution in [0.15, 0.2) is 24.3 Å². The molecule has 0 spiro atoms. The zero-order valence-electron chi connectivity index (χ0n) is 16.2. The van der Waals surface area contributed by atoms with Crippen LogP contribution in [0, 0.1) is 5.92 Å². The summed E-state index contributed by atoms with van der Waals surface area (Å²) in [4.78, 5) is 25.6. The summed E-state index contributed by atoms with van der Waals surface area (Å²) in [6.07, 6.45) is 0.528. The first-order valence-electron chi connectivity index (χ1n) is 8.65. The molecule has 0 radical (unpaired) electrons. The third kappa shape index (κ3) is 8.42. The number of carbonyl (C=O) groups excluding carboxylic acids is 2. The van der Waals surface area contributed by atoms with Crippen LogP contribution in [0.2, 0.25) is 0 Å². The number of anilines is 1. The summed E-state index contributed by atoms with van der Waals surface area (Å²) in [6.45, 7) is 10.7. The monoisotopic (exact) mass is 349 g/mol. The minimum atomic E-state index is -0.542. The molecular weight excluding hydrogens is 318 g/mol. The molecule has 0 unspecified atom stereocenters. The Balaban J connectivity index is 2.67. The number of hydrogen-bond acceptors (Lipinski definition) is 3. The number of amides is 3. The molecule has 0 saturated heterocycles. The van der Waals surface area contributed by atoms with Crippen LogP contribution in [0.5, 0.6) is 0 Å². The fourth-order valence-electron chi connectivity index (χ4n) is 2.08. The molecule has 2 N–H and O–H groups in total. The highest BCUT2D eigenvalue weighted by atomic mass is 16.6. The first-order valence-corrected chi connectivity index (χ1v) is 8.65. The van der Waals surface area contributed by atoms with Gasteiger partial charge in [0.25, 0.3) is 0 Å². The van der Waals surface area contributed by atoms with Crippen LogP contribution < -0.4 is 10.6 Å². The van der Waals surface area contributed by atoms with Crippen molar-refractivity contribution in [1.29, 1.82) is 0 Å². The zero-order chi connectivity index (χ0) is 19.0. The van der Waals surface area contributed by atoms with Gasteiger partial charge in [-0.1, -0.05) is 32.0 Å². The number of carbonyl (C=O) groups is 2. The van der Waals surface area contributed by atoms with Crippen LogP contribution in [0.1, 0.15) is 46.6 Å². The van der Waals surface area contributed by atoms with Crippen LogP contribution in [-0.2, 0) is 11.3 Å². The van der Waals surface area contributed by atoms with E-state index >= 15 is 0 Å². The molecule has 0 aliphatic heterocycles. The number of hydrogen-bond donors (Lipinski definition) is 2.